The van der Waals surface area contributed by atoms with Crippen molar-refractivity contribution in [1.82, 2.24) is 15.1 Å². The Balaban J connectivity index is 1.65. The van der Waals surface area contributed by atoms with Crippen molar-refractivity contribution in [3.8, 4) is 5.75 Å². The van der Waals surface area contributed by atoms with Crippen molar-refractivity contribution in [3.05, 3.63) is 29.8 Å². The summed E-state index contributed by atoms with van der Waals surface area (Å²) >= 11 is 0. The number of nitrogens with zero attached hydrogens (tertiary/aromatic N) is 2. The molecule has 136 valence electrons. The molecule has 1 aliphatic carbocycles. The van der Waals surface area contributed by atoms with Gasteiger partial charge in [-0.15, -0.1) is 0 Å². The fraction of sp³-hybridized carbons (Fsp3) is 0.579. The first-order chi connectivity index (χ1) is 12.0. The molecule has 0 bridgehead atoms. The van der Waals surface area contributed by atoms with Crippen LogP contribution in [0.2, 0.25) is 0 Å². The maximum atomic E-state index is 12.9. The van der Waals surface area contributed by atoms with Crippen molar-refractivity contribution in [3.63, 3.8) is 0 Å². The number of ether oxygens (including phenoxy) is 1. The fourth-order valence-corrected chi connectivity index (χ4v) is 3.85. The summed E-state index contributed by atoms with van der Waals surface area (Å²) in [7, 11) is 3.56. The van der Waals surface area contributed by atoms with Crippen LogP contribution in [0.25, 0.3) is 0 Å². The molecule has 1 saturated heterocycles. The number of amides is 3. The van der Waals surface area contributed by atoms with Gasteiger partial charge in [0.15, 0.2) is 0 Å². The molecule has 3 amide bonds. The van der Waals surface area contributed by atoms with Gasteiger partial charge in [-0.25, -0.2) is 9.69 Å². The molecule has 1 aromatic carbocycles. The second-order valence-corrected chi connectivity index (χ2v) is 7.17. The average molecular weight is 345 g/mol. The van der Waals surface area contributed by atoms with Crippen LogP contribution in [0.1, 0.15) is 44.1 Å². The molecule has 2 fully saturated rings. The number of carbonyl (C=O) groups excluding carboxylic acids is 2. The van der Waals surface area contributed by atoms with E-state index in [4.69, 9.17) is 4.74 Å². The minimum atomic E-state index is -0.662. The van der Waals surface area contributed by atoms with Gasteiger partial charge in [0.2, 0.25) is 0 Å². The minimum absolute atomic E-state index is 0.0584. The summed E-state index contributed by atoms with van der Waals surface area (Å²) in [5.74, 6) is 0.746. The third-order valence-corrected chi connectivity index (χ3v) is 5.17. The minimum Gasteiger partial charge on any atom is -0.497 e. The normalized spacial score (nSPS) is 20.0. The Labute approximate surface area is 149 Å². The van der Waals surface area contributed by atoms with Crippen LogP contribution in [-0.4, -0.2) is 48.1 Å². The number of benzene rings is 1. The van der Waals surface area contributed by atoms with Crippen LogP contribution in [0.15, 0.2) is 24.3 Å². The molecule has 0 unspecified atom stereocenters. The summed E-state index contributed by atoms with van der Waals surface area (Å²) in [6.07, 6.45) is 5.79. The molecule has 1 saturated carbocycles. The van der Waals surface area contributed by atoms with E-state index in [0.717, 1.165) is 49.8 Å². The van der Waals surface area contributed by atoms with Gasteiger partial charge in [0, 0.05) is 6.54 Å². The Morgan fingerprint density at radius 2 is 1.92 bits per heavy atom. The summed E-state index contributed by atoms with van der Waals surface area (Å²) in [6, 6.07) is 7.56. The van der Waals surface area contributed by atoms with Gasteiger partial charge in [0.1, 0.15) is 11.3 Å². The van der Waals surface area contributed by atoms with E-state index < -0.39 is 5.54 Å². The lowest BCUT2D eigenvalue weighted by atomic mass is 9.90. The Hall–Kier alpha value is -2.08. The quantitative estimate of drug-likeness (QED) is 0.834. The average Bonchev–Trinajstić information content (AvgIpc) is 2.77. The van der Waals surface area contributed by atoms with E-state index in [1.165, 1.54) is 4.90 Å². The van der Waals surface area contributed by atoms with E-state index in [9.17, 15) is 9.59 Å². The molecule has 0 atom stereocenters. The molecule has 6 heteroatoms. The second kappa shape index (κ2) is 7.44. The number of nitrogens with one attached hydrogen (secondary N) is 1. The van der Waals surface area contributed by atoms with E-state index in [-0.39, 0.29) is 11.9 Å². The van der Waals surface area contributed by atoms with Crippen LogP contribution in [-0.2, 0) is 11.3 Å². The largest absolute Gasteiger partial charge is 0.497 e. The zero-order valence-corrected chi connectivity index (χ0v) is 15.1. The van der Waals surface area contributed by atoms with Gasteiger partial charge in [-0.2, -0.15) is 0 Å². The number of imide groups is 1. The molecule has 1 heterocycles. The molecule has 1 spiro atoms. The molecule has 3 rings (SSSR count). The third kappa shape index (κ3) is 3.79. The highest BCUT2D eigenvalue weighted by molar-refractivity contribution is 6.07. The fourth-order valence-electron chi connectivity index (χ4n) is 3.85. The Morgan fingerprint density at radius 1 is 1.20 bits per heavy atom. The first-order valence-corrected chi connectivity index (χ1v) is 9.00. The number of urea groups is 1. The first kappa shape index (κ1) is 17.7. The van der Waals surface area contributed by atoms with Gasteiger partial charge in [-0.05, 0) is 37.6 Å². The lowest BCUT2D eigenvalue weighted by Crippen LogP contribution is -2.47. The van der Waals surface area contributed by atoms with Crippen LogP contribution in [0, 0.1) is 0 Å². The Bertz CT molecular complexity index is 639. The molecule has 1 aliphatic heterocycles. The highest BCUT2D eigenvalue weighted by Gasteiger charge is 2.50. The van der Waals surface area contributed by atoms with Gasteiger partial charge in [0.05, 0.1) is 13.8 Å². The van der Waals surface area contributed by atoms with Gasteiger partial charge >= 0.3 is 6.03 Å². The number of hydrogen-bond acceptors (Lipinski definition) is 4. The number of hydrogen-bond donors (Lipinski definition) is 1. The molecule has 0 aromatic heterocycles. The second-order valence-electron chi connectivity index (χ2n) is 7.17. The molecule has 0 radical (unpaired) electrons. The monoisotopic (exact) mass is 345 g/mol. The predicted octanol–water partition coefficient (Wildman–Crippen LogP) is 2.73. The molecular formula is C19H27N3O3. The topological polar surface area (TPSA) is 61.9 Å². The summed E-state index contributed by atoms with van der Waals surface area (Å²) < 4.78 is 5.24. The van der Waals surface area contributed by atoms with Crippen LogP contribution in [0.4, 0.5) is 4.79 Å². The lowest BCUT2D eigenvalue weighted by molar-refractivity contribution is -0.133. The Kier molecular flexibility index (Phi) is 5.27. The smallest absolute Gasteiger partial charge is 0.326 e. The maximum absolute atomic E-state index is 12.9. The summed E-state index contributed by atoms with van der Waals surface area (Å²) in [6.45, 7) is 0.935. The van der Waals surface area contributed by atoms with Crippen molar-refractivity contribution >= 4 is 11.9 Å². The van der Waals surface area contributed by atoms with Crippen molar-refractivity contribution in [1.29, 1.82) is 0 Å². The Morgan fingerprint density at radius 3 is 2.60 bits per heavy atom. The summed E-state index contributed by atoms with van der Waals surface area (Å²) in [5, 5.41) is 2.99. The predicted molar refractivity (Wildman–Crippen MR) is 95.1 cm³/mol. The van der Waals surface area contributed by atoms with Crippen LogP contribution >= 0.6 is 0 Å². The standard InChI is InChI=1S/C19H27N3O3/c1-21(13-15-8-7-9-16(12-15)25-2)14-22-17(23)19(20-18(22)24)10-5-3-4-6-11-19/h7-9,12H,3-6,10-11,13-14H2,1-2H3,(H,20,24). The summed E-state index contributed by atoms with van der Waals surface area (Å²) in [5.41, 5.74) is 0.419. The number of carbonyl (C=O) groups is 2. The van der Waals surface area contributed by atoms with E-state index in [1.54, 1.807) is 7.11 Å². The van der Waals surface area contributed by atoms with E-state index in [0.29, 0.717) is 13.2 Å². The maximum Gasteiger partial charge on any atom is 0.326 e. The van der Waals surface area contributed by atoms with Crippen molar-refractivity contribution in [2.24, 2.45) is 0 Å². The van der Waals surface area contributed by atoms with Crippen molar-refractivity contribution in [2.45, 2.75) is 50.6 Å². The summed E-state index contributed by atoms with van der Waals surface area (Å²) in [4.78, 5) is 28.7. The van der Waals surface area contributed by atoms with Crippen LogP contribution < -0.4 is 10.1 Å². The van der Waals surface area contributed by atoms with Gasteiger partial charge in [-0.3, -0.25) is 9.69 Å². The molecule has 6 nitrogen and oxygen atoms in total. The van der Waals surface area contributed by atoms with Gasteiger partial charge in [-0.1, -0.05) is 37.8 Å². The van der Waals surface area contributed by atoms with E-state index >= 15 is 0 Å². The van der Waals surface area contributed by atoms with E-state index in [1.807, 2.05) is 36.2 Å². The zero-order valence-electron chi connectivity index (χ0n) is 15.1. The number of rotatable bonds is 5. The zero-order chi connectivity index (χ0) is 17.9. The first-order valence-electron chi connectivity index (χ1n) is 9.00. The number of methoxy groups -OCH3 is 1. The van der Waals surface area contributed by atoms with E-state index in [2.05, 4.69) is 5.32 Å². The molecular weight excluding hydrogens is 318 g/mol. The van der Waals surface area contributed by atoms with Crippen molar-refractivity contribution < 1.29 is 14.3 Å². The molecule has 1 aromatic rings. The highest BCUT2D eigenvalue weighted by Crippen LogP contribution is 2.32. The highest BCUT2D eigenvalue weighted by atomic mass is 16.5. The molecule has 2 aliphatic rings. The SMILES string of the molecule is COc1cccc(CN(C)CN2C(=O)NC3(CCCCCC3)C2=O)c1. The van der Waals surface area contributed by atoms with Crippen molar-refractivity contribution in [2.75, 3.05) is 20.8 Å². The lowest BCUT2D eigenvalue weighted by Gasteiger charge is -2.26. The third-order valence-electron chi connectivity index (χ3n) is 5.17. The molecule has 1 N–H and O–H groups in total. The van der Waals surface area contributed by atoms with Gasteiger partial charge < -0.3 is 10.1 Å². The van der Waals surface area contributed by atoms with Gasteiger partial charge in [0.25, 0.3) is 5.91 Å². The van der Waals surface area contributed by atoms with Crippen LogP contribution in [0.3, 0.4) is 0 Å². The molecule has 25 heavy (non-hydrogen) atoms. The van der Waals surface area contributed by atoms with Crippen LogP contribution in [0.5, 0.6) is 5.75 Å².